The van der Waals surface area contributed by atoms with Gasteiger partial charge in [-0.1, -0.05) is 18.2 Å². The van der Waals surface area contributed by atoms with Gasteiger partial charge in [0.25, 0.3) is 5.91 Å². The molecule has 8 nitrogen and oxygen atoms in total. The number of nitrogens with one attached hydrogen (secondary N) is 1. The van der Waals surface area contributed by atoms with Crippen LogP contribution in [0.4, 0.5) is 0 Å². The summed E-state index contributed by atoms with van der Waals surface area (Å²) in [5.41, 5.74) is 4.72. The normalized spacial score (nSPS) is 11.1. The third kappa shape index (κ3) is 8.09. The highest BCUT2D eigenvalue weighted by Gasteiger charge is 2.09. The maximum absolute atomic E-state index is 12.1. The molecule has 31 heavy (non-hydrogen) atoms. The summed E-state index contributed by atoms with van der Waals surface area (Å²) in [6, 6.07) is 14.7. The smallest absolute Gasteiger partial charge is 0.254 e. The molecule has 2 aromatic rings. The van der Waals surface area contributed by atoms with Gasteiger partial charge in [0, 0.05) is 25.2 Å². The van der Waals surface area contributed by atoms with Crippen LogP contribution in [0.25, 0.3) is 0 Å². The van der Waals surface area contributed by atoms with Crippen molar-refractivity contribution in [1.82, 2.24) is 15.2 Å². The summed E-state index contributed by atoms with van der Waals surface area (Å²) in [4.78, 5) is 16.2. The molecule has 0 saturated heterocycles. The first kappa shape index (κ1) is 23.9. The molecule has 0 spiro atoms. The zero-order valence-electron chi connectivity index (χ0n) is 18.2. The van der Waals surface area contributed by atoms with E-state index in [0.29, 0.717) is 30.0 Å². The molecule has 0 radical (unpaired) electrons. The number of likely N-dealkylation sites (N-methyl/N-ethyl adjacent to an activating group) is 2. The van der Waals surface area contributed by atoms with Gasteiger partial charge in [-0.15, -0.1) is 0 Å². The second-order valence-electron chi connectivity index (χ2n) is 7.20. The maximum atomic E-state index is 12.1. The highest BCUT2D eigenvalue weighted by Crippen LogP contribution is 2.28. The summed E-state index contributed by atoms with van der Waals surface area (Å²) in [6.45, 7) is 4.74. The molecule has 0 bridgehead atoms. The quantitative estimate of drug-likeness (QED) is 0.424. The number of aromatic hydroxyl groups is 1. The Labute approximate surface area is 183 Å². The second kappa shape index (κ2) is 12.3. The Kier molecular flexibility index (Phi) is 9.49. The van der Waals surface area contributed by atoms with E-state index in [1.165, 1.54) is 6.21 Å². The number of benzene rings is 2. The number of amides is 1. The number of carbonyl (C=O) groups is 1. The Morgan fingerprint density at radius 1 is 1.19 bits per heavy atom. The van der Waals surface area contributed by atoms with E-state index in [9.17, 15) is 9.90 Å². The van der Waals surface area contributed by atoms with E-state index in [2.05, 4.69) is 21.5 Å². The summed E-state index contributed by atoms with van der Waals surface area (Å²) in [5, 5.41) is 22.9. The lowest BCUT2D eigenvalue weighted by Gasteiger charge is -2.21. The lowest BCUT2D eigenvalue weighted by Crippen LogP contribution is -2.37. The van der Waals surface area contributed by atoms with E-state index in [1.54, 1.807) is 18.2 Å². The number of hydrogen-bond donors (Lipinski definition) is 2. The van der Waals surface area contributed by atoms with Gasteiger partial charge in [-0.3, -0.25) is 9.69 Å². The van der Waals surface area contributed by atoms with E-state index in [-0.39, 0.29) is 18.2 Å². The molecule has 0 unspecified atom stereocenters. The van der Waals surface area contributed by atoms with Crippen molar-refractivity contribution in [3.8, 4) is 17.6 Å². The maximum Gasteiger partial charge on any atom is 0.254 e. The summed E-state index contributed by atoms with van der Waals surface area (Å²) in [5.74, 6) is 0.126. The first-order chi connectivity index (χ1) is 14.9. The van der Waals surface area contributed by atoms with Crippen LogP contribution in [0.5, 0.6) is 11.5 Å². The molecule has 0 atom stereocenters. The van der Waals surface area contributed by atoms with Crippen LogP contribution >= 0.6 is 0 Å². The molecular weight excluding hydrogens is 394 g/mol. The summed E-state index contributed by atoms with van der Waals surface area (Å²) < 4.78 is 5.33. The highest BCUT2D eigenvalue weighted by molar-refractivity contribution is 5.86. The van der Waals surface area contributed by atoms with Crippen LogP contribution in [-0.4, -0.2) is 67.4 Å². The average Bonchev–Trinajstić information content (AvgIpc) is 2.75. The highest BCUT2D eigenvalue weighted by atomic mass is 16.5. The molecule has 1 amide bonds. The van der Waals surface area contributed by atoms with Crippen molar-refractivity contribution in [2.45, 2.75) is 13.5 Å². The number of carbonyl (C=O) groups excluding carboxylic acids is 1. The zero-order chi connectivity index (χ0) is 22.6. The molecule has 2 aromatic carbocycles. The minimum atomic E-state index is -0.242. The number of hydrogen-bond acceptors (Lipinski definition) is 7. The number of ether oxygens (including phenoxy) is 1. The predicted octanol–water partition coefficient (Wildman–Crippen LogP) is 2.18. The van der Waals surface area contributed by atoms with Crippen molar-refractivity contribution in [1.29, 1.82) is 5.26 Å². The molecule has 0 aliphatic heterocycles. The molecule has 2 N–H and O–H groups in total. The topological polar surface area (TPSA) is 101 Å². The minimum Gasteiger partial charge on any atom is -0.504 e. The molecule has 0 aliphatic carbocycles. The minimum absolute atomic E-state index is 0.00947. The number of phenols is 1. The van der Waals surface area contributed by atoms with Gasteiger partial charge in [0.15, 0.2) is 11.5 Å². The van der Waals surface area contributed by atoms with E-state index in [4.69, 9.17) is 10.00 Å². The number of hydrazone groups is 1. The fourth-order valence-corrected chi connectivity index (χ4v) is 2.87. The molecule has 0 aliphatic rings. The number of nitriles is 1. The number of phenolic OH excluding ortho intramolecular Hbond substituents is 1. The van der Waals surface area contributed by atoms with Gasteiger partial charge in [0.05, 0.1) is 31.0 Å². The zero-order valence-corrected chi connectivity index (χ0v) is 18.2. The second-order valence-corrected chi connectivity index (χ2v) is 7.20. The van der Waals surface area contributed by atoms with Crippen molar-refractivity contribution < 1.29 is 14.6 Å². The lowest BCUT2D eigenvalue weighted by molar-refractivity contribution is -0.121. The third-order valence-electron chi connectivity index (χ3n) is 4.54. The van der Waals surface area contributed by atoms with E-state index < -0.39 is 0 Å². The van der Waals surface area contributed by atoms with Gasteiger partial charge < -0.3 is 14.7 Å². The molecule has 0 fully saturated rings. The number of nitrogens with zero attached hydrogens (tertiary/aromatic N) is 4. The largest absolute Gasteiger partial charge is 0.504 e. The van der Waals surface area contributed by atoms with Crippen LogP contribution in [0.15, 0.2) is 47.6 Å². The van der Waals surface area contributed by atoms with Gasteiger partial charge in [0.1, 0.15) is 0 Å². The van der Waals surface area contributed by atoms with Crippen LogP contribution in [-0.2, 0) is 11.3 Å². The Hall–Kier alpha value is -3.41. The predicted molar refractivity (Wildman–Crippen MR) is 120 cm³/mol. The molecule has 8 heteroatoms. The van der Waals surface area contributed by atoms with Crippen LogP contribution in [0.2, 0.25) is 0 Å². The Morgan fingerprint density at radius 2 is 1.90 bits per heavy atom. The molecular formula is C23H29N5O3. The van der Waals surface area contributed by atoms with Crippen molar-refractivity contribution >= 4 is 12.1 Å². The summed E-state index contributed by atoms with van der Waals surface area (Å²) in [6.07, 6.45) is 1.39. The van der Waals surface area contributed by atoms with E-state index in [0.717, 1.165) is 18.7 Å². The summed E-state index contributed by atoms with van der Waals surface area (Å²) >= 11 is 0. The van der Waals surface area contributed by atoms with Gasteiger partial charge in [0.2, 0.25) is 0 Å². The van der Waals surface area contributed by atoms with Gasteiger partial charge in [-0.2, -0.15) is 10.4 Å². The molecule has 164 valence electrons. The van der Waals surface area contributed by atoms with Gasteiger partial charge in [-0.05, 0) is 50.8 Å². The SMILES string of the molecule is CCOc1cccc(C=NNC(=O)CN(C)CCN(C)Cc2ccc(C#N)cc2)c1O. The van der Waals surface area contributed by atoms with E-state index in [1.807, 2.05) is 50.2 Å². The Bertz CT molecular complexity index is 922. The van der Waals surface area contributed by atoms with Crippen molar-refractivity contribution in [2.24, 2.45) is 5.10 Å². The van der Waals surface area contributed by atoms with Gasteiger partial charge >= 0.3 is 0 Å². The average molecular weight is 424 g/mol. The van der Waals surface area contributed by atoms with E-state index >= 15 is 0 Å². The molecule has 0 aromatic heterocycles. The van der Waals surface area contributed by atoms with Crippen molar-refractivity contribution in [2.75, 3.05) is 40.3 Å². The Morgan fingerprint density at radius 3 is 2.58 bits per heavy atom. The standard InChI is InChI=1S/C23H29N5O3/c1-4-31-21-7-5-6-20(23(21)30)15-25-26-22(29)17-28(3)13-12-27(2)16-19-10-8-18(14-24)9-11-19/h5-11,15,30H,4,12-13,16-17H2,1-3H3,(H,26,29). The first-order valence-electron chi connectivity index (χ1n) is 10.1. The van der Waals surface area contributed by atoms with Crippen LogP contribution < -0.4 is 10.2 Å². The van der Waals surface area contributed by atoms with Crippen LogP contribution in [0.1, 0.15) is 23.6 Å². The van der Waals surface area contributed by atoms with Crippen molar-refractivity contribution in [3.05, 3.63) is 59.2 Å². The van der Waals surface area contributed by atoms with Crippen LogP contribution in [0, 0.1) is 11.3 Å². The molecule has 0 saturated carbocycles. The Balaban J connectivity index is 1.73. The third-order valence-corrected chi connectivity index (χ3v) is 4.54. The lowest BCUT2D eigenvalue weighted by atomic mass is 10.1. The fraction of sp³-hybridized carbons (Fsp3) is 0.348. The first-order valence-corrected chi connectivity index (χ1v) is 10.1. The monoisotopic (exact) mass is 423 g/mol. The van der Waals surface area contributed by atoms with Gasteiger partial charge in [-0.25, -0.2) is 5.43 Å². The molecule has 0 heterocycles. The fourth-order valence-electron chi connectivity index (χ4n) is 2.87. The van der Waals surface area contributed by atoms with Crippen LogP contribution in [0.3, 0.4) is 0 Å². The van der Waals surface area contributed by atoms with Crippen molar-refractivity contribution in [3.63, 3.8) is 0 Å². The number of rotatable bonds is 11. The molecule has 2 rings (SSSR count). The summed E-state index contributed by atoms with van der Waals surface area (Å²) in [7, 11) is 3.88. The number of para-hydroxylation sites is 1.